The average Bonchev–Trinajstić information content (AvgIpc) is 3.10. The van der Waals surface area contributed by atoms with Gasteiger partial charge in [0.15, 0.2) is 9.84 Å². The van der Waals surface area contributed by atoms with Gasteiger partial charge in [0, 0.05) is 23.5 Å². The molecule has 2 aliphatic rings. The van der Waals surface area contributed by atoms with Gasteiger partial charge in [-0.3, -0.25) is 14.7 Å². The molecule has 3 heterocycles. The lowest BCUT2D eigenvalue weighted by Gasteiger charge is -2.37. The van der Waals surface area contributed by atoms with Crippen LogP contribution in [0.3, 0.4) is 0 Å². The van der Waals surface area contributed by atoms with E-state index < -0.39 is 33.0 Å². The number of anilines is 2. The lowest BCUT2D eigenvalue weighted by Crippen LogP contribution is -2.41. The van der Waals surface area contributed by atoms with Crippen molar-refractivity contribution in [1.82, 2.24) is 4.98 Å². The molecule has 1 amide bonds. The highest BCUT2D eigenvalue weighted by atomic mass is 32.2. The lowest BCUT2D eigenvalue weighted by molar-refractivity contribution is 0.0975. The Morgan fingerprint density at radius 3 is 2.50 bits per heavy atom. The van der Waals surface area contributed by atoms with Crippen molar-refractivity contribution in [2.75, 3.05) is 16.0 Å². The molecule has 214 valence electrons. The number of allylic oxidation sites excluding steroid dienone is 1. The Hall–Kier alpha value is -4.50. The molecule has 4 aromatic rings. The van der Waals surface area contributed by atoms with Gasteiger partial charge >= 0.3 is 0 Å². The van der Waals surface area contributed by atoms with E-state index in [1.165, 1.54) is 23.2 Å². The zero-order valence-corrected chi connectivity index (χ0v) is 24.1. The molecular formula is C33H30FN3O4S. The summed E-state index contributed by atoms with van der Waals surface area (Å²) in [4.78, 5) is 19.8. The number of fused-ring (bicyclic) bond motifs is 1. The van der Waals surface area contributed by atoms with E-state index in [2.05, 4.69) is 10.3 Å². The summed E-state index contributed by atoms with van der Waals surface area (Å²) in [6.45, 7) is 4.01. The molecule has 1 atom stereocenters. The number of hydrogen-bond acceptors (Lipinski definition) is 6. The molecule has 6 rings (SSSR count). The Morgan fingerprint density at radius 1 is 1.02 bits per heavy atom. The molecule has 3 aromatic carbocycles. The number of rotatable bonds is 5. The zero-order valence-electron chi connectivity index (χ0n) is 23.2. The molecule has 1 unspecified atom stereocenters. The summed E-state index contributed by atoms with van der Waals surface area (Å²) in [7, 11) is -3.95. The number of nitrogens with one attached hydrogen (secondary N) is 1. The number of amides is 1. The van der Waals surface area contributed by atoms with E-state index in [0.29, 0.717) is 23.5 Å². The lowest BCUT2D eigenvalue weighted by atomic mass is 9.88. The molecule has 9 heteroatoms. The summed E-state index contributed by atoms with van der Waals surface area (Å²) in [5.74, 6) is -1.08. The van der Waals surface area contributed by atoms with Crippen LogP contribution in [0.1, 0.15) is 47.9 Å². The maximum absolute atomic E-state index is 16.2. The molecule has 0 bridgehead atoms. The van der Waals surface area contributed by atoms with Gasteiger partial charge in [-0.1, -0.05) is 62.4 Å². The quantitative estimate of drug-likeness (QED) is 0.282. The highest BCUT2D eigenvalue weighted by Crippen LogP contribution is 2.50. The number of nitrogens with zero attached hydrogens (tertiary/aromatic N) is 2. The van der Waals surface area contributed by atoms with Gasteiger partial charge < -0.3 is 10.1 Å². The van der Waals surface area contributed by atoms with Crippen LogP contribution in [0.15, 0.2) is 108 Å². The van der Waals surface area contributed by atoms with Gasteiger partial charge in [0.25, 0.3) is 5.91 Å². The summed E-state index contributed by atoms with van der Waals surface area (Å²) < 4.78 is 50.2. The largest absolute Gasteiger partial charge is 0.489 e. The van der Waals surface area contributed by atoms with Gasteiger partial charge in [-0.15, -0.1) is 0 Å². The van der Waals surface area contributed by atoms with Crippen LogP contribution >= 0.6 is 0 Å². The van der Waals surface area contributed by atoms with Crippen molar-refractivity contribution in [3.8, 4) is 5.75 Å². The first kappa shape index (κ1) is 27.7. The van der Waals surface area contributed by atoms with Crippen LogP contribution in [0.2, 0.25) is 0 Å². The summed E-state index contributed by atoms with van der Waals surface area (Å²) in [5, 5.41) is 3.32. The van der Waals surface area contributed by atoms with Crippen molar-refractivity contribution in [3.63, 3.8) is 0 Å². The van der Waals surface area contributed by atoms with Gasteiger partial charge in [-0.25, -0.2) is 12.8 Å². The van der Waals surface area contributed by atoms with Crippen molar-refractivity contribution in [2.24, 2.45) is 5.41 Å². The van der Waals surface area contributed by atoms with Crippen LogP contribution < -0.4 is 15.0 Å². The number of halogens is 1. The van der Waals surface area contributed by atoms with Crippen LogP contribution in [0.5, 0.6) is 5.75 Å². The maximum atomic E-state index is 16.2. The third kappa shape index (κ3) is 5.27. The van der Waals surface area contributed by atoms with Gasteiger partial charge in [-0.05, 0) is 53.8 Å². The van der Waals surface area contributed by atoms with Crippen LogP contribution in [0.25, 0.3) is 0 Å². The minimum Gasteiger partial charge on any atom is -0.489 e. The first-order valence-corrected chi connectivity index (χ1v) is 15.3. The highest BCUT2D eigenvalue weighted by Gasteiger charge is 2.47. The van der Waals surface area contributed by atoms with Gasteiger partial charge in [-0.2, -0.15) is 0 Å². The fourth-order valence-corrected chi connectivity index (χ4v) is 8.08. The molecule has 0 saturated carbocycles. The van der Waals surface area contributed by atoms with Crippen molar-refractivity contribution < 1.29 is 22.3 Å². The van der Waals surface area contributed by atoms with Crippen LogP contribution in [-0.2, 0) is 16.4 Å². The summed E-state index contributed by atoms with van der Waals surface area (Å²) >= 11 is 0. The number of pyridine rings is 1. The first-order valence-electron chi connectivity index (χ1n) is 13.7. The Labute approximate surface area is 244 Å². The number of carbonyl (C=O) groups excluding carboxylic acids is 1. The fourth-order valence-electron chi connectivity index (χ4n) is 5.73. The molecular weight excluding hydrogens is 553 g/mol. The van der Waals surface area contributed by atoms with E-state index >= 15 is 4.39 Å². The number of ether oxygens (including phenoxy) is 1. The predicted octanol–water partition coefficient (Wildman–Crippen LogP) is 6.67. The Balaban J connectivity index is 1.53. The smallest absolute Gasteiger partial charge is 0.277 e. The summed E-state index contributed by atoms with van der Waals surface area (Å²) in [6.07, 6.45) is 1.89. The number of aromatic nitrogens is 1. The summed E-state index contributed by atoms with van der Waals surface area (Å²) in [5.41, 5.74) is 1.92. The van der Waals surface area contributed by atoms with Crippen molar-refractivity contribution >= 4 is 27.1 Å². The van der Waals surface area contributed by atoms with Crippen LogP contribution in [0.4, 0.5) is 15.8 Å². The van der Waals surface area contributed by atoms with Gasteiger partial charge in [0.05, 0.1) is 22.0 Å². The Morgan fingerprint density at radius 2 is 1.76 bits per heavy atom. The second-order valence-electron chi connectivity index (χ2n) is 11.3. The molecule has 0 spiro atoms. The maximum Gasteiger partial charge on any atom is 0.277 e. The minimum absolute atomic E-state index is 0.0147. The topological polar surface area (TPSA) is 88.6 Å². The monoisotopic (exact) mass is 583 g/mol. The van der Waals surface area contributed by atoms with E-state index in [0.717, 1.165) is 5.56 Å². The molecule has 42 heavy (non-hydrogen) atoms. The van der Waals surface area contributed by atoms with Crippen molar-refractivity contribution in [3.05, 3.63) is 130 Å². The van der Waals surface area contributed by atoms with Gasteiger partial charge in [0.2, 0.25) is 0 Å². The van der Waals surface area contributed by atoms with Gasteiger partial charge in [0.1, 0.15) is 29.9 Å². The molecule has 7 nitrogen and oxygen atoms in total. The SMILES string of the molecule is CC1(C)CC2=C(C(c3ccc(OCc4ccccc4)cc3F)N(C(=O)c3ccccn3)c3ccccc3N2)S(=O)(=O)C1. The third-order valence-electron chi connectivity index (χ3n) is 7.44. The van der Waals surface area contributed by atoms with Crippen LogP contribution in [-0.4, -0.2) is 25.1 Å². The van der Waals surface area contributed by atoms with E-state index in [9.17, 15) is 13.2 Å². The molecule has 1 N–H and O–H groups in total. The molecule has 0 aliphatic carbocycles. The predicted molar refractivity (Wildman–Crippen MR) is 160 cm³/mol. The minimum atomic E-state index is -3.95. The van der Waals surface area contributed by atoms with E-state index in [1.807, 2.05) is 44.2 Å². The van der Waals surface area contributed by atoms with E-state index in [4.69, 9.17) is 4.74 Å². The van der Waals surface area contributed by atoms with E-state index in [1.54, 1.807) is 48.5 Å². The second-order valence-corrected chi connectivity index (χ2v) is 13.3. The van der Waals surface area contributed by atoms with Crippen molar-refractivity contribution in [1.29, 1.82) is 0 Å². The molecule has 2 aliphatic heterocycles. The van der Waals surface area contributed by atoms with Crippen molar-refractivity contribution in [2.45, 2.75) is 32.9 Å². The molecule has 0 fully saturated rings. The molecule has 1 aromatic heterocycles. The Bertz CT molecular complexity index is 1790. The number of para-hydroxylation sites is 2. The molecule has 0 saturated heterocycles. The number of benzene rings is 3. The number of hydrogen-bond donors (Lipinski definition) is 1. The summed E-state index contributed by atoms with van der Waals surface area (Å²) in [6, 6.07) is 24.6. The molecule has 0 radical (unpaired) electrons. The first-order chi connectivity index (χ1) is 20.1. The van der Waals surface area contributed by atoms with Crippen LogP contribution in [0, 0.1) is 11.2 Å². The van der Waals surface area contributed by atoms with E-state index in [-0.39, 0.29) is 34.3 Å². The third-order valence-corrected chi connectivity index (χ3v) is 9.74. The standard InChI is InChI=1S/C33H30FN3O4S/c1-33(2)19-28-31(42(39,40)21-33)30(24-16-15-23(18-25(24)34)41-20-22-10-4-3-5-11-22)37(29-14-7-6-12-26(29)36-28)32(38)27-13-8-9-17-35-27/h3-18,30,36H,19-21H2,1-2H3. The fraction of sp³-hybridized carbons (Fsp3) is 0.212. The number of sulfone groups is 1. The second kappa shape index (κ2) is 10.7. The zero-order chi connectivity index (χ0) is 29.5. The normalized spacial score (nSPS) is 18.7. The highest BCUT2D eigenvalue weighted by molar-refractivity contribution is 7.95. The number of carbonyl (C=O) groups is 1. The Kier molecular flexibility index (Phi) is 7.06. The average molecular weight is 584 g/mol.